The summed E-state index contributed by atoms with van der Waals surface area (Å²) in [4.78, 5) is 16.8. The SMILES string of the molecule is Cn1cc(C(=O)C[C@@H]2CCc3cc(-c4noc(CCO)n4)ccc32)cn1. The zero-order chi connectivity index (χ0) is 18.1. The van der Waals surface area contributed by atoms with Crippen LogP contribution >= 0.6 is 0 Å². The standard InChI is InChI=1S/C19H20N4O3/c1-23-11-15(10-20-23)17(25)9-13-3-2-12-8-14(4-5-16(12)13)19-21-18(6-7-24)26-22-19/h4-5,8,10-11,13,24H,2-3,6-7,9H2,1H3/t13-/m0/s1. The predicted octanol–water partition coefficient (Wildman–Crippen LogP) is 2.31. The van der Waals surface area contributed by atoms with E-state index in [0.717, 1.165) is 18.4 Å². The molecule has 0 fully saturated rings. The second kappa shape index (κ2) is 6.84. The molecule has 0 saturated heterocycles. The number of nitrogens with zero attached hydrogens (tertiary/aromatic N) is 4. The predicted molar refractivity (Wildman–Crippen MR) is 93.7 cm³/mol. The van der Waals surface area contributed by atoms with Gasteiger partial charge in [0.05, 0.1) is 24.8 Å². The summed E-state index contributed by atoms with van der Waals surface area (Å²) in [6.07, 6.45) is 6.16. The van der Waals surface area contributed by atoms with Gasteiger partial charge in [0.1, 0.15) is 0 Å². The fourth-order valence-electron chi connectivity index (χ4n) is 3.53. The fourth-order valence-corrected chi connectivity index (χ4v) is 3.53. The summed E-state index contributed by atoms with van der Waals surface area (Å²) >= 11 is 0. The second-order valence-corrected chi connectivity index (χ2v) is 6.66. The number of benzene rings is 1. The lowest BCUT2D eigenvalue weighted by atomic mass is 9.93. The van der Waals surface area contributed by atoms with Crippen LogP contribution in [0, 0.1) is 0 Å². The van der Waals surface area contributed by atoms with Crippen LogP contribution in [0.15, 0.2) is 35.1 Å². The van der Waals surface area contributed by atoms with Crippen molar-refractivity contribution in [3.63, 3.8) is 0 Å². The van der Waals surface area contributed by atoms with Crippen molar-refractivity contribution in [2.45, 2.75) is 31.6 Å². The van der Waals surface area contributed by atoms with Crippen molar-refractivity contribution in [3.8, 4) is 11.4 Å². The second-order valence-electron chi connectivity index (χ2n) is 6.66. The van der Waals surface area contributed by atoms with Gasteiger partial charge in [-0.05, 0) is 36.0 Å². The first kappa shape index (κ1) is 16.7. The first-order chi connectivity index (χ1) is 12.6. The number of aryl methyl sites for hydroxylation is 2. The average Bonchev–Trinajstić information content (AvgIpc) is 3.35. The Hall–Kier alpha value is -2.80. The van der Waals surface area contributed by atoms with Crippen LogP contribution in [0.2, 0.25) is 0 Å². The molecule has 2 heterocycles. The van der Waals surface area contributed by atoms with E-state index in [9.17, 15) is 4.79 Å². The molecule has 0 amide bonds. The van der Waals surface area contributed by atoms with E-state index in [-0.39, 0.29) is 18.3 Å². The molecule has 0 aliphatic heterocycles. The first-order valence-corrected chi connectivity index (χ1v) is 8.72. The Balaban J connectivity index is 1.51. The van der Waals surface area contributed by atoms with Gasteiger partial charge in [0.15, 0.2) is 5.78 Å². The molecule has 1 aromatic carbocycles. The van der Waals surface area contributed by atoms with E-state index >= 15 is 0 Å². The summed E-state index contributed by atoms with van der Waals surface area (Å²) in [5.41, 5.74) is 4.03. The maximum Gasteiger partial charge on any atom is 0.229 e. The van der Waals surface area contributed by atoms with E-state index in [1.807, 2.05) is 13.1 Å². The third-order valence-electron chi connectivity index (χ3n) is 4.86. The number of Topliss-reactive ketones (excluding diaryl/α,β-unsaturated/α-hetero) is 1. The summed E-state index contributed by atoms with van der Waals surface area (Å²) in [6, 6.07) is 6.12. The number of hydrogen-bond donors (Lipinski definition) is 1. The minimum atomic E-state index is -0.0154. The highest BCUT2D eigenvalue weighted by Gasteiger charge is 2.26. The Morgan fingerprint density at radius 3 is 3.08 bits per heavy atom. The Labute approximate surface area is 150 Å². The van der Waals surface area contributed by atoms with Crippen LogP contribution in [0.5, 0.6) is 0 Å². The Morgan fingerprint density at radius 1 is 1.42 bits per heavy atom. The lowest BCUT2D eigenvalue weighted by Crippen LogP contribution is -2.04. The van der Waals surface area contributed by atoms with E-state index in [0.29, 0.717) is 30.1 Å². The first-order valence-electron chi connectivity index (χ1n) is 8.72. The van der Waals surface area contributed by atoms with Crippen molar-refractivity contribution in [1.82, 2.24) is 19.9 Å². The number of rotatable bonds is 6. The summed E-state index contributed by atoms with van der Waals surface area (Å²) in [6.45, 7) is -0.0154. The highest BCUT2D eigenvalue weighted by molar-refractivity contribution is 5.96. The van der Waals surface area contributed by atoms with Gasteiger partial charge < -0.3 is 9.63 Å². The molecule has 7 nitrogen and oxygen atoms in total. The minimum Gasteiger partial charge on any atom is -0.396 e. The van der Waals surface area contributed by atoms with Crippen LogP contribution in [0.3, 0.4) is 0 Å². The van der Waals surface area contributed by atoms with Gasteiger partial charge in [0.2, 0.25) is 11.7 Å². The molecule has 1 aliphatic rings. The average molecular weight is 352 g/mol. The van der Waals surface area contributed by atoms with E-state index in [4.69, 9.17) is 9.63 Å². The van der Waals surface area contributed by atoms with Gasteiger partial charge in [-0.2, -0.15) is 10.1 Å². The maximum absolute atomic E-state index is 12.5. The highest BCUT2D eigenvalue weighted by atomic mass is 16.5. The van der Waals surface area contributed by atoms with Crippen LogP contribution in [0.4, 0.5) is 0 Å². The Bertz CT molecular complexity index is 944. The fraction of sp³-hybridized carbons (Fsp3) is 0.368. The molecule has 134 valence electrons. The maximum atomic E-state index is 12.5. The molecule has 0 saturated carbocycles. The van der Waals surface area contributed by atoms with Gasteiger partial charge in [-0.3, -0.25) is 9.48 Å². The molecule has 1 N–H and O–H groups in total. The number of aliphatic hydroxyl groups excluding tert-OH is 1. The van der Waals surface area contributed by atoms with Gasteiger partial charge in [0.25, 0.3) is 0 Å². The number of carbonyl (C=O) groups is 1. The molecule has 2 aromatic heterocycles. The summed E-state index contributed by atoms with van der Waals surface area (Å²) in [7, 11) is 1.81. The Kier molecular flexibility index (Phi) is 4.38. The number of hydrogen-bond acceptors (Lipinski definition) is 6. The van der Waals surface area contributed by atoms with Crippen LogP contribution < -0.4 is 0 Å². The third-order valence-corrected chi connectivity index (χ3v) is 4.86. The minimum absolute atomic E-state index is 0.0154. The molecule has 26 heavy (non-hydrogen) atoms. The van der Waals surface area contributed by atoms with E-state index in [1.54, 1.807) is 17.1 Å². The Morgan fingerprint density at radius 2 is 2.31 bits per heavy atom. The molecule has 0 radical (unpaired) electrons. The molecule has 0 unspecified atom stereocenters. The summed E-state index contributed by atoms with van der Waals surface area (Å²) in [5.74, 6) is 1.34. The topological polar surface area (TPSA) is 94.0 Å². The van der Waals surface area contributed by atoms with Crippen LogP contribution in [0.1, 0.15) is 46.1 Å². The van der Waals surface area contributed by atoms with Crippen molar-refractivity contribution in [1.29, 1.82) is 0 Å². The van der Waals surface area contributed by atoms with Gasteiger partial charge in [-0.1, -0.05) is 17.3 Å². The monoisotopic (exact) mass is 352 g/mol. The molecular formula is C19H20N4O3. The van der Waals surface area contributed by atoms with Crippen molar-refractivity contribution in [2.24, 2.45) is 7.05 Å². The molecule has 1 atom stereocenters. The van der Waals surface area contributed by atoms with Gasteiger partial charge in [-0.15, -0.1) is 0 Å². The van der Waals surface area contributed by atoms with Gasteiger partial charge >= 0.3 is 0 Å². The van der Waals surface area contributed by atoms with Gasteiger partial charge in [-0.25, -0.2) is 0 Å². The molecule has 0 bridgehead atoms. The highest BCUT2D eigenvalue weighted by Crippen LogP contribution is 2.38. The third kappa shape index (κ3) is 3.17. The van der Waals surface area contributed by atoms with Crippen molar-refractivity contribution >= 4 is 5.78 Å². The van der Waals surface area contributed by atoms with E-state index < -0.39 is 0 Å². The van der Waals surface area contributed by atoms with Crippen molar-refractivity contribution in [2.75, 3.05) is 6.61 Å². The molecular weight excluding hydrogens is 332 g/mol. The smallest absolute Gasteiger partial charge is 0.229 e. The zero-order valence-electron chi connectivity index (χ0n) is 14.6. The molecule has 1 aliphatic carbocycles. The lowest BCUT2D eigenvalue weighted by Gasteiger charge is -2.10. The molecule has 0 spiro atoms. The zero-order valence-corrected chi connectivity index (χ0v) is 14.6. The quantitative estimate of drug-likeness (QED) is 0.684. The molecule has 4 rings (SSSR count). The largest absolute Gasteiger partial charge is 0.396 e. The molecule has 3 aromatic rings. The normalized spacial score (nSPS) is 16.0. The number of aromatic nitrogens is 4. The van der Waals surface area contributed by atoms with Crippen molar-refractivity contribution in [3.05, 3.63) is 53.2 Å². The van der Waals surface area contributed by atoms with Crippen LogP contribution in [0.25, 0.3) is 11.4 Å². The van der Waals surface area contributed by atoms with E-state index in [2.05, 4.69) is 27.4 Å². The number of ketones is 1. The van der Waals surface area contributed by atoms with E-state index in [1.165, 1.54) is 11.1 Å². The summed E-state index contributed by atoms with van der Waals surface area (Å²) < 4.78 is 6.78. The van der Waals surface area contributed by atoms with Gasteiger partial charge in [0, 0.05) is 25.2 Å². The van der Waals surface area contributed by atoms with Crippen molar-refractivity contribution < 1.29 is 14.4 Å². The lowest BCUT2D eigenvalue weighted by molar-refractivity contribution is 0.0973. The number of fused-ring (bicyclic) bond motifs is 1. The van der Waals surface area contributed by atoms with Crippen LogP contribution in [-0.4, -0.2) is 37.4 Å². The van der Waals surface area contributed by atoms with Crippen LogP contribution in [-0.2, 0) is 19.9 Å². The summed E-state index contributed by atoms with van der Waals surface area (Å²) in [5, 5.41) is 17.0. The number of carbonyl (C=O) groups excluding carboxylic acids is 1. The number of aliphatic hydroxyl groups is 1. The molecule has 7 heteroatoms.